The average molecular weight is 393 g/mol. The van der Waals surface area contributed by atoms with E-state index < -0.39 is 0 Å². The summed E-state index contributed by atoms with van der Waals surface area (Å²) in [6, 6.07) is 5.99. The first kappa shape index (κ1) is 14.1. The zero-order valence-electron chi connectivity index (χ0n) is 10.2. The van der Waals surface area contributed by atoms with Crippen molar-refractivity contribution in [3.63, 3.8) is 0 Å². The van der Waals surface area contributed by atoms with Crippen LogP contribution in [0.2, 0.25) is 5.02 Å². The number of nitrogens with zero attached hydrogens (tertiary/aromatic N) is 1. The summed E-state index contributed by atoms with van der Waals surface area (Å²) in [4.78, 5) is 5.67. The summed E-state index contributed by atoms with van der Waals surface area (Å²) in [5.41, 5.74) is 8.20. The fourth-order valence-electron chi connectivity index (χ4n) is 1.80. The van der Waals surface area contributed by atoms with Crippen LogP contribution in [0, 0.1) is 3.57 Å². The largest absolute Gasteiger partial charge is 0.375 e. The summed E-state index contributed by atoms with van der Waals surface area (Å²) in [5, 5.41) is 1.42. The van der Waals surface area contributed by atoms with Gasteiger partial charge in [0.2, 0.25) is 0 Å². The Kier molecular flexibility index (Phi) is 4.50. The number of anilines is 1. The smallest absolute Gasteiger partial charge is 0.180 e. The number of thiazole rings is 1. The van der Waals surface area contributed by atoms with E-state index in [9.17, 15) is 0 Å². The van der Waals surface area contributed by atoms with Crippen molar-refractivity contribution < 1.29 is 0 Å². The molecule has 1 aromatic carbocycles. The minimum atomic E-state index is 0.401. The molecule has 96 valence electrons. The molecule has 0 aliphatic heterocycles. The fourth-order valence-corrected chi connectivity index (χ4v) is 3.87. The standard InChI is InChI=1S/C13H14ClIN2S/c1-7(2)12-11(18-13(16)17-12)5-8-3-4-9(14)6-10(8)15/h3-4,6-7H,5H2,1-2H3,(H2,16,17). The highest BCUT2D eigenvalue weighted by atomic mass is 127. The zero-order chi connectivity index (χ0) is 13.3. The molecule has 0 saturated carbocycles. The summed E-state index contributed by atoms with van der Waals surface area (Å²) in [7, 11) is 0. The van der Waals surface area contributed by atoms with Crippen molar-refractivity contribution in [2.75, 3.05) is 5.73 Å². The molecule has 5 heteroatoms. The molecule has 2 N–H and O–H groups in total. The van der Waals surface area contributed by atoms with E-state index in [0.717, 1.165) is 17.1 Å². The van der Waals surface area contributed by atoms with Gasteiger partial charge in [-0.2, -0.15) is 0 Å². The second kappa shape index (κ2) is 5.75. The van der Waals surface area contributed by atoms with Gasteiger partial charge in [-0.3, -0.25) is 0 Å². The lowest BCUT2D eigenvalue weighted by Crippen LogP contribution is -1.96. The predicted molar refractivity (Wildman–Crippen MR) is 87.6 cm³/mol. The molecular weight excluding hydrogens is 379 g/mol. The molecule has 1 aromatic heterocycles. The lowest BCUT2D eigenvalue weighted by molar-refractivity contribution is 0.820. The van der Waals surface area contributed by atoms with Crippen molar-refractivity contribution in [2.45, 2.75) is 26.2 Å². The van der Waals surface area contributed by atoms with Crippen LogP contribution in [-0.4, -0.2) is 4.98 Å². The molecule has 0 aliphatic carbocycles. The molecule has 0 aliphatic rings. The number of aromatic nitrogens is 1. The molecule has 0 unspecified atom stereocenters. The van der Waals surface area contributed by atoms with Crippen LogP contribution in [0.3, 0.4) is 0 Å². The van der Waals surface area contributed by atoms with Gasteiger partial charge in [0.25, 0.3) is 0 Å². The van der Waals surface area contributed by atoms with Crippen molar-refractivity contribution >= 4 is 50.7 Å². The predicted octanol–water partition coefficient (Wildman–Crippen LogP) is 4.70. The fraction of sp³-hybridized carbons (Fsp3) is 0.308. The molecule has 0 saturated heterocycles. The summed E-state index contributed by atoms with van der Waals surface area (Å²) in [6.07, 6.45) is 0.873. The van der Waals surface area contributed by atoms with E-state index >= 15 is 0 Å². The molecule has 0 spiro atoms. The Hall–Kier alpha value is -0.330. The molecule has 2 aromatic rings. The normalized spacial score (nSPS) is 11.2. The van der Waals surface area contributed by atoms with Gasteiger partial charge in [0.05, 0.1) is 5.69 Å². The van der Waals surface area contributed by atoms with E-state index in [4.69, 9.17) is 17.3 Å². The Morgan fingerprint density at radius 3 is 2.78 bits per heavy atom. The second-order valence-corrected chi connectivity index (χ2v) is 7.14. The molecule has 2 nitrogen and oxygen atoms in total. The molecule has 0 amide bonds. The first-order chi connectivity index (χ1) is 8.47. The van der Waals surface area contributed by atoms with Crippen LogP contribution in [0.4, 0.5) is 5.13 Å². The number of halogens is 2. The van der Waals surface area contributed by atoms with Crippen LogP contribution in [0.1, 0.15) is 35.9 Å². The van der Waals surface area contributed by atoms with Crippen molar-refractivity contribution in [3.05, 3.63) is 42.9 Å². The van der Waals surface area contributed by atoms with Gasteiger partial charge in [-0.05, 0) is 46.2 Å². The molecular formula is C13H14ClIN2S. The van der Waals surface area contributed by atoms with E-state index in [1.165, 1.54) is 14.0 Å². The van der Waals surface area contributed by atoms with E-state index in [2.05, 4.69) is 47.5 Å². The second-order valence-electron chi connectivity index (χ2n) is 4.43. The molecule has 1 heterocycles. The molecule has 2 rings (SSSR count). The van der Waals surface area contributed by atoms with Gasteiger partial charge in [-0.25, -0.2) is 4.98 Å². The monoisotopic (exact) mass is 392 g/mol. The SMILES string of the molecule is CC(C)c1nc(N)sc1Cc1ccc(Cl)cc1I. The molecule has 0 radical (unpaired) electrons. The van der Waals surface area contributed by atoms with Crippen LogP contribution >= 0.6 is 45.5 Å². The Bertz CT molecular complexity index is 566. The van der Waals surface area contributed by atoms with Gasteiger partial charge < -0.3 is 5.73 Å². The lowest BCUT2D eigenvalue weighted by atomic mass is 10.0. The van der Waals surface area contributed by atoms with Crippen LogP contribution in [0.5, 0.6) is 0 Å². The van der Waals surface area contributed by atoms with Gasteiger partial charge in [-0.1, -0.05) is 31.5 Å². The third-order valence-corrected chi connectivity index (χ3v) is 4.80. The van der Waals surface area contributed by atoms with E-state index in [-0.39, 0.29) is 0 Å². The number of nitrogen functional groups attached to an aromatic ring is 1. The van der Waals surface area contributed by atoms with Crippen LogP contribution < -0.4 is 5.73 Å². The topological polar surface area (TPSA) is 38.9 Å². The molecule has 0 fully saturated rings. The summed E-state index contributed by atoms with van der Waals surface area (Å²) >= 11 is 9.87. The van der Waals surface area contributed by atoms with E-state index in [1.807, 2.05) is 12.1 Å². The third-order valence-electron chi connectivity index (χ3n) is 2.66. The highest BCUT2D eigenvalue weighted by Gasteiger charge is 2.14. The number of nitrogens with two attached hydrogens (primary N) is 1. The van der Waals surface area contributed by atoms with Gasteiger partial charge in [0.1, 0.15) is 0 Å². The summed E-state index contributed by atoms with van der Waals surface area (Å²) in [5.74, 6) is 0.401. The minimum Gasteiger partial charge on any atom is -0.375 e. The highest BCUT2D eigenvalue weighted by Crippen LogP contribution is 2.30. The van der Waals surface area contributed by atoms with Crippen LogP contribution in [0.25, 0.3) is 0 Å². The lowest BCUT2D eigenvalue weighted by Gasteiger charge is -2.07. The minimum absolute atomic E-state index is 0.401. The Morgan fingerprint density at radius 2 is 2.17 bits per heavy atom. The van der Waals surface area contributed by atoms with Crippen LogP contribution in [0.15, 0.2) is 18.2 Å². The van der Waals surface area contributed by atoms with Gasteiger partial charge in [-0.15, -0.1) is 11.3 Å². The number of benzene rings is 1. The first-order valence-electron chi connectivity index (χ1n) is 5.66. The van der Waals surface area contributed by atoms with Crippen molar-refractivity contribution in [2.24, 2.45) is 0 Å². The third kappa shape index (κ3) is 3.16. The maximum atomic E-state index is 5.97. The van der Waals surface area contributed by atoms with Gasteiger partial charge in [0, 0.05) is 19.9 Å². The maximum Gasteiger partial charge on any atom is 0.180 e. The molecule has 0 atom stereocenters. The van der Waals surface area contributed by atoms with Gasteiger partial charge in [0.15, 0.2) is 5.13 Å². The van der Waals surface area contributed by atoms with Crippen molar-refractivity contribution in [3.8, 4) is 0 Å². The molecule has 18 heavy (non-hydrogen) atoms. The Labute approximate surface area is 130 Å². The zero-order valence-corrected chi connectivity index (χ0v) is 13.9. The Balaban J connectivity index is 2.33. The average Bonchev–Trinajstić information content (AvgIpc) is 2.64. The number of rotatable bonds is 3. The number of hydrogen-bond donors (Lipinski definition) is 1. The van der Waals surface area contributed by atoms with Crippen molar-refractivity contribution in [1.29, 1.82) is 0 Å². The van der Waals surface area contributed by atoms with Crippen molar-refractivity contribution in [1.82, 2.24) is 4.98 Å². The van der Waals surface area contributed by atoms with Crippen LogP contribution in [-0.2, 0) is 6.42 Å². The number of hydrogen-bond acceptors (Lipinski definition) is 3. The highest BCUT2D eigenvalue weighted by molar-refractivity contribution is 14.1. The first-order valence-corrected chi connectivity index (χ1v) is 7.93. The van der Waals surface area contributed by atoms with E-state index in [0.29, 0.717) is 11.0 Å². The molecule has 0 bridgehead atoms. The maximum absolute atomic E-state index is 5.97. The Morgan fingerprint density at radius 1 is 1.44 bits per heavy atom. The van der Waals surface area contributed by atoms with Gasteiger partial charge >= 0.3 is 0 Å². The quantitative estimate of drug-likeness (QED) is 0.769. The summed E-state index contributed by atoms with van der Waals surface area (Å²) in [6.45, 7) is 4.29. The van der Waals surface area contributed by atoms with E-state index in [1.54, 1.807) is 11.3 Å². The summed E-state index contributed by atoms with van der Waals surface area (Å²) < 4.78 is 1.18.